The molecule has 0 fully saturated rings. The van der Waals surface area contributed by atoms with Crippen LogP contribution in [0.15, 0.2) is 60.0 Å². The summed E-state index contributed by atoms with van der Waals surface area (Å²) in [5, 5.41) is 8.18. The van der Waals surface area contributed by atoms with Gasteiger partial charge in [-0.1, -0.05) is 30.3 Å². The molecular formula is C24H29FN4O3S. The molecule has 7 nitrogen and oxygen atoms in total. The Morgan fingerprint density at radius 1 is 1.27 bits per heavy atom. The molecule has 176 valence electrons. The van der Waals surface area contributed by atoms with Crippen molar-refractivity contribution in [3.63, 3.8) is 0 Å². The molecule has 3 N–H and O–H groups in total. The van der Waals surface area contributed by atoms with Gasteiger partial charge < -0.3 is 14.6 Å². The third-order valence-electron chi connectivity index (χ3n) is 6.13. The summed E-state index contributed by atoms with van der Waals surface area (Å²) in [6, 6.07) is 13.8. The second-order valence-electron chi connectivity index (χ2n) is 8.50. The van der Waals surface area contributed by atoms with Gasteiger partial charge in [0.2, 0.25) is 0 Å². The van der Waals surface area contributed by atoms with E-state index in [9.17, 15) is 12.8 Å². The number of primary sulfonamides is 1. The molecule has 1 heterocycles. The fourth-order valence-corrected chi connectivity index (χ4v) is 5.06. The van der Waals surface area contributed by atoms with Crippen LogP contribution in [0.2, 0.25) is 0 Å². The molecule has 0 saturated heterocycles. The molecule has 2 aromatic carbocycles. The highest BCUT2D eigenvalue weighted by Gasteiger charge is 2.33. The van der Waals surface area contributed by atoms with Crippen molar-refractivity contribution in [3.05, 3.63) is 77.5 Å². The zero-order chi connectivity index (χ0) is 23.4. The number of imidazole rings is 1. The van der Waals surface area contributed by atoms with Crippen LogP contribution in [0, 0.1) is 11.7 Å². The average molecular weight is 473 g/mol. The molecule has 0 bridgehead atoms. The molecule has 0 aliphatic heterocycles. The zero-order valence-corrected chi connectivity index (χ0v) is 19.4. The molecule has 0 radical (unpaired) electrons. The molecule has 33 heavy (non-hydrogen) atoms. The summed E-state index contributed by atoms with van der Waals surface area (Å²) in [7, 11) is -1.87. The molecule has 0 amide bonds. The number of hydrogen-bond acceptors (Lipinski definition) is 5. The molecule has 1 aliphatic rings. The molecular weight excluding hydrogens is 443 g/mol. The Morgan fingerprint density at radius 2 is 2.06 bits per heavy atom. The van der Waals surface area contributed by atoms with Crippen LogP contribution in [-0.4, -0.2) is 38.2 Å². The van der Waals surface area contributed by atoms with Crippen LogP contribution in [0.25, 0.3) is 0 Å². The maximum atomic E-state index is 14.8. The van der Waals surface area contributed by atoms with Gasteiger partial charge in [-0.2, -0.15) is 0 Å². The normalized spacial score (nSPS) is 17.8. The van der Waals surface area contributed by atoms with Gasteiger partial charge in [-0.05, 0) is 73.5 Å². The number of hydrogen-bond donors (Lipinski definition) is 2. The van der Waals surface area contributed by atoms with E-state index in [1.807, 2.05) is 31.3 Å². The summed E-state index contributed by atoms with van der Waals surface area (Å²) in [6.45, 7) is 1.65. The number of sulfonamides is 1. The van der Waals surface area contributed by atoms with Gasteiger partial charge in [0.15, 0.2) is 16.6 Å². The standard InChI is InChI=1S/C24H29FN4O3S/c1-27-14-19-11-18-12-22(25)23(13-21(18)20(19)10-17-6-3-2-4-7-17)32-9-5-8-29-15-24(28-16-29)33(26,30)31/h2-4,6-7,12-13,15-16,19-20,27H,5,8-11,14H2,1H3,(H2,26,30,31). The van der Waals surface area contributed by atoms with Crippen LogP contribution in [0.3, 0.4) is 0 Å². The highest BCUT2D eigenvalue weighted by Crippen LogP contribution is 2.42. The molecule has 2 atom stereocenters. The summed E-state index contributed by atoms with van der Waals surface area (Å²) < 4.78 is 44.8. The van der Waals surface area contributed by atoms with Crippen molar-refractivity contribution in [2.75, 3.05) is 20.2 Å². The minimum Gasteiger partial charge on any atom is -0.490 e. The third kappa shape index (κ3) is 5.61. The minimum absolute atomic E-state index is 0.173. The molecule has 0 spiro atoms. The first-order chi connectivity index (χ1) is 15.8. The summed E-state index contributed by atoms with van der Waals surface area (Å²) in [5.41, 5.74) is 3.47. The smallest absolute Gasteiger partial charge is 0.257 e. The predicted octanol–water partition coefficient (Wildman–Crippen LogP) is 2.86. The monoisotopic (exact) mass is 472 g/mol. The van der Waals surface area contributed by atoms with Crippen molar-refractivity contribution < 1.29 is 17.5 Å². The first kappa shape index (κ1) is 23.4. The molecule has 0 saturated carbocycles. The maximum Gasteiger partial charge on any atom is 0.257 e. The van der Waals surface area contributed by atoms with Gasteiger partial charge >= 0.3 is 0 Å². The van der Waals surface area contributed by atoms with E-state index in [2.05, 4.69) is 22.4 Å². The summed E-state index contributed by atoms with van der Waals surface area (Å²) in [6.07, 6.45) is 5.09. The lowest BCUT2D eigenvalue weighted by atomic mass is 9.86. The second kappa shape index (κ2) is 10.0. The fourth-order valence-electron chi connectivity index (χ4n) is 4.58. The largest absolute Gasteiger partial charge is 0.490 e. The Balaban J connectivity index is 1.43. The maximum absolute atomic E-state index is 14.8. The number of aromatic nitrogens is 2. The molecule has 1 aliphatic carbocycles. The topological polar surface area (TPSA) is 99.2 Å². The van der Waals surface area contributed by atoms with Crippen molar-refractivity contribution in [3.8, 4) is 5.75 Å². The number of nitrogens with two attached hydrogens (primary N) is 1. The fraction of sp³-hybridized carbons (Fsp3) is 0.375. The number of ether oxygens (including phenoxy) is 1. The van der Waals surface area contributed by atoms with Gasteiger partial charge in [0.1, 0.15) is 0 Å². The van der Waals surface area contributed by atoms with E-state index < -0.39 is 10.0 Å². The van der Waals surface area contributed by atoms with Crippen LogP contribution in [0.5, 0.6) is 5.75 Å². The number of rotatable bonds is 10. The van der Waals surface area contributed by atoms with Crippen molar-refractivity contribution in [1.82, 2.24) is 14.9 Å². The van der Waals surface area contributed by atoms with Crippen LogP contribution < -0.4 is 15.2 Å². The van der Waals surface area contributed by atoms with Crippen molar-refractivity contribution in [2.24, 2.45) is 11.1 Å². The van der Waals surface area contributed by atoms with E-state index in [-0.39, 0.29) is 16.6 Å². The highest BCUT2D eigenvalue weighted by atomic mass is 32.2. The van der Waals surface area contributed by atoms with E-state index in [0.29, 0.717) is 31.4 Å². The van der Waals surface area contributed by atoms with Gasteiger partial charge in [-0.3, -0.25) is 0 Å². The SMILES string of the molecule is CNCC1Cc2cc(F)c(OCCCn3cnc(S(N)(=O)=O)c3)cc2C1Cc1ccccc1. The lowest BCUT2D eigenvalue weighted by molar-refractivity contribution is 0.287. The van der Waals surface area contributed by atoms with E-state index in [4.69, 9.17) is 9.88 Å². The molecule has 9 heteroatoms. The number of halogens is 1. The van der Waals surface area contributed by atoms with E-state index in [1.165, 1.54) is 18.1 Å². The second-order valence-corrected chi connectivity index (χ2v) is 10.0. The Bertz CT molecular complexity index is 1200. The quantitative estimate of drug-likeness (QED) is 0.442. The van der Waals surface area contributed by atoms with Gasteiger partial charge in [0, 0.05) is 12.7 Å². The Labute approximate surface area is 193 Å². The number of aryl methyl sites for hydroxylation is 1. The highest BCUT2D eigenvalue weighted by molar-refractivity contribution is 7.89. The first-order valence-corrected chi connectivity index (χ1v) is 12.6. The van der Waals surface area contributed by atoms with E-state index in [1.54, 1.807) is 10.6 Å². The van der Waals surface area contributed by atoms with E-state index in [0.717, 1.165) is 30.5 Å². The minimum atomic E-state index is -3.82. The Morgan fingerprint density at radius 3 is 2.76 bits per heavy atom. The van der Waals surface area contributed by atoms with Crippen LogP contribution in [0.4, 0.5) is 4.39 Å². The lowest BCUT2D eigenvalue weighted by Crippen LogP contribution is -2.23. The van der Waals surface area contributed by atoms with Crippen molar-refractivity contribution in [1.29, 1.82) is 0 Å². The third-order valence-corrected chi connectivity index (χ3v) is 6.92. The van der Waals surface area contributed by atoms with Crippen LogP contribution >= 0.6 is 0 Å². The summed E-state index contributed by atoms with van der Waals surface area (Å²) >= 11 is 0. The predicted molar refractivity (Wildman–Crippen MR) is 124 cm³/mol. The Hall–Kier alpha value is -2.75. The summed E-state index contributed by atoms with van der Waals surface area (Å²) in [4.78, 5) is 3.79. The lowest BCUT2D eigenvalue weighted by Gasteiger charge is -2.21. The number of fused-ring (bicyclic) bond motifs is 1. The number of nitrogens with zero attached hydrogens (tertiary/aromatic N) is 2. The van der Waals surface area contributed by atoms with Gasteiger partial charge in [0.05, 0.1) is 12.9 Å². The van der Waals surface area contributed by atoms with Gasteiger partial charge in [-0.25, -0.2) is 22.9 Å². The summed E-state index contributed by atoms with van der Waals surface area (Å²) in [5.74, 6) is 0.596. The average Bonchev–Trinajstić information content (AvgIpc) is 3.38. The first-order valence-electron chi connectivity index (χ1n) is 11.0. The zero-order valence-electron chi connectivity index (χ0n) is 18.6. The molecule has 2 unspecified atom stereocenters. The van der Waals surface area contributed by atoms with Crippen molar-refractivity contribution in [2.45, 2.75) is 36.8 Å². The van der Waals surface area contributed by atoms with E-state index >= 15 is 0 Å². The molecule has 1 aromatic heterocycles. The Kier molecular flexibility index (Phi) is 7.11. The van der Waals surface area contributed by atoms with Crippen LogP contribution in [0.1, 0.15) is 29.0 Å². The number of nitrogens with one attached hydrogen (secondary N) is 1. The van der Waals surface area contributed by atoms with Crippen LogP contribution in [-0.2, 0) is 29.4 Å². The van der Waals surface area contributed by atoms with Gasteiger partial charge in [-0.15, -0.1) is 0 Å². The molecule has 4 rings (SSSR count). The molecule has 3 aromatic rings. The van der Waals surface area contributed by atoms with Gasteiger partial charge in [0.25, 0.3) is 10.0 Å². The van der Waals surface area contributed by atoms with Crippen molar-refractivity contribution >= 4 is 10.0 Å². The number of benzene rings is 2.